The quantitative estimate of drug-likeness (QED) is 0.857. The molecule has 0 aliphatic carbocycles. The van der Waals surface area contributed by atoms with E-state index in [0.29, 0.717) is 31.7 Å². The molecule has 7 heteroatoms. The largest absolute Gasteiger partial charge is 0.361 e. The predicted octanol–water partition coefficient (Wildman–Crippen LogP) is 1.64. The van der Waals surface area contributed by atoms with Crippen molar-refractivity contribution >= 4 is 17.5 Å². The second-order valence-corrected chi connectivity index (χ2v) is 5.93. The van der Waals surface area contributed by atoms with Crippen LogP contribution in [0, 0.1) is 5.82 Å². The zero-order valence-corrected chi connectivity index (χ0v) is 13.8. The fraction of sp³-hybridized carbons (Fsp3) is 0.353. The number of carbonyl (C=O) groups is 1. The summed E-state index contributed by atoms with van der Waals surface area (Å²) in [6, 6.07) is 9.54. The Morgan fingerprint density at radius 2 is 1.67 bits per heavy atom. The number of rotatable bonds is 3. The fourth-order valence-corrected chi connectivity index (χ4v) is 2.64. The number of piperazine rings is 1. The van der Waals surface area contributed by atoms with Gasteiger partial charge in [0.1, 0.15) is 5.82 Å². The Hall–Kier alpha value is -2.70. The van der Waals surface area contributed by atoms with E-state index in [1.807, 2.05) is 31.1 Å². The van der Waals surface area contributed by atoms with Crippen LogP contribution in [0.4, 0.5) is 16.0 Å². The van der Waals surface area contributed by atoms with Crippen LogP contribution >= 0.6 is 0 Å². The Morgan fingerprint density at radius 1 is 1.00 bits per heavy atom. The number of amides is 1. The van der Waals surface area contributed by atoms with Crippen LogP contribution in [0.2, 0.25) is 0 Å². The first-order chi connectivity index (χ1) is 11.5. The van der Waals surface area contributed by atoms with E-state index in [2.05, 4.69) is 15.1 Å². The lowest BCUT2D eigenvalue weighted by atomic mass is 10.2. The molecule has 1 amide bonds. The van der Waals surface area contributed by atoms with Gasteiger partial charge in [-0.25, -0.2) is 4.39 Å². The van der Waals surface area contributed by atoms with Crippen molar-refractivity contribution in [2.75, 3.05) is 50.1 Å². The van der Waals surface area contributed by atoms with Gasteiger partial charge in [-0.1, -0.05) is 0 Å². The first kappa shape index (κ1) is 16.2. The van der Waals surface area contributed by atoms with Gasteiger partial charge in [-0.2, -0.15) is 0 Å². The van der Waals surface area contributed by atoms with Crippen LogP contribution in [0.1, 0.15) is 10.4 Å². The fourth-order valence-electron chi connectivity index (χ4n) is 2.64. The van der Waals surface area contributed by atoms with E-state index in [1.165, 1.54) is 24.3 Å². The highest BCUT2D eigenvalue weighted by Gasteiger charge is 2.23. The number of hydrogen-bond donors (Lipinski definition) is 0. The highest BCUT2D eigenvalue weighted by molar-refractivity contribution is 5.94. The molecule has 0 N–H and O–H groups in total. The van der Waals surface area contributed by atoms with Crippen molar-refractivity contribution in [3.63, 3.8) is 0 Å². The van der Waals surface area contributed by atoms with Crippen molar-refractivity contribution in [1.29, 1.82) is 0 Å². The van der Waals surface area contributed by atoms with Crippen LogP contribution in [0.15, 0.2) is 36.4 Å². The van der Waals surface area contributed by atoms with E-state index in [1.54, 1.807) is 4.90 Å². The molecule has 1 aromatic carbocycles. The second-order valence-electron chi connectivity index (χ2n) is 5.93. The van der Waals surface area contributed by atoms with Gasteiger partial charge in [0.05, 0.1) is 0 Å². The first-order valence-corrected chi connectivity index (χ1v) is 7.85. The van der Waals surface area contributed by atoms with Gasteiger partial charge < -0.3 is 14.7 Å². The summed E-state index contributed by atoms with van der Waals surface area (Å²) in [6.07, 6.45) is 0. The molecule has 1 fully saturated rings. The van der Waals surface area contributed by atoms with Gasteiger partial charge in [0.2, 0.25) is 0 Å². The summed E-state index contributed by atoms with van der Waals surface area (Å²) in [5.41, 5.74) is 0.514. The number of carbonyl (C=O) groups excluding carboxylic acids is 1. The van der Waals surface area contributed by atoms with E-state index in [0.717, 1.165) is 11.6 Å². The van der Waals surface area contributed by atoms with Gasteiger partial charge in [-0.3, -0.25) is 4.79 Å². The average molecular weight is 329 g/mol. The molecule has 1 aromatic heterocycles. The molecule has 1 saturated heterocycles. The lowest BCUT2D eigenvalue weighted by Gasteiger charge is -2.35. The van der Waals surface area contributed by atoms with E-state index in [9.17, 15) is 9.18 Å². The molecule has 0 bridgehead atoms. The normalized spacial score (nSPS) is 14.6. The summed E-state index contributed by atoms with van der Waals surface area (Å²) in [6.45, 7) is 2.60. The maximum Gasteiger partial charge on any atom is 0.253 e. The SMILES string of the molecule is CN(C)c1ccc(N2CCN(C(=O)c3ccc(F)cc3)CC2)nn1. The van der Waals surface area contributed by atoms with E-state index in [-0.39, 0.29) is 11.7 Å². The van der Waals surface area contributed by atoms with Crippen molar-refractivity contribution in [1.82, 2.24) is 15.1 Å². The summed E-state index contributed by atoms with van der Waals surface area (Å²) in [5.74, 6) is 1.22. The number of anilines is 2. The minimum absolute atomic E-state index is 0.0660. The molecule has 126 valence electrons. The topological polar surface area (TPSA) is 52.6 Å². The summed E-state index contributed by atoms with van der Waals surface area (Å²) >= 11 is 0. The molecule has 0 unspecified atom stereocenters. The number of aromatic nitrogens is 2. The monoisotopic (exact) mass is 329 g/mol. The lowest BCUT2D eigenvalue weighted by Crippen LogP contribution is -2.49. The molecule has 3 rings (SSSR count). The molecule has 1 aliphatic rings. The predicted molar refractivity (Wildman–Crippen MR) is 90.9 cm³/mol. The highest BCUT2D eigenvalue weighted by atomic mass is 19.1. The van der Waals surface area contributed by atoms with E-state index >= 15 is 0 Å². The zero-order valence-electron chi connectivity index (χ0n) is 13.8. The minimum atomic E-state index is -0.337. The van der Waals surface area contributed by atoms with Crippen molar-refractivity contribution in [2.24, 2.45) is 0 Å². The van der Waals surface area contributed by atoms with E-state index in [4.69, 9.17) is 0 Å². The van der Waals surface area contributed by atoms with Crippen LogP contribution < -0.4 is 9.80 Å². The van der Waals surface area contributed by atoms with Gasteiger partial charge in [0.15, 0.2) is 11.6 Å². The number of benzene rings is 1. The van der Waals surface area contributed by atoms with Gasteiger partial charge in [0, 0.05) is 45.8 Å². The Kier molecular flexibility index (Phi) is 4.59. The second kappa shape index (κ2) is 6.82. The van der Waals surface area contributed by atoms with Gasteiger partial charge in [0.25, 0.3) is 5.91 Å². The van der Waals surface area contributed by atoms with Crippen molar-refractivity contribution in [3.8, 4) is 0 Å². The molecule has 0 spiro atoms. The minimum Gasteiger partial charge on any atom is -0.361 e. The number of hydrogen-bond acceptors (Lipinski definition) is 5. The lowest BCUT2D eigenvalue weighted by molar-refractivity contribution is 0.0746. The standard InChI is InChI=1S/C17H20FN5O/c1-21(2)15-7-8-16(20-19-15)22-9-11-23(12-10-22)17(24)13-3-5-14(18)6-4-13/h3-8H,9-12H2,1-2H3. The summed E-state index contributed by atoms with van der Waals surface area (Å²) in [5, 5.41) is 8.43. The van der Waals surface area contributed by atoms with Crippen molar-refractivity contribution in [2.45, 2.75) is 0 Å². The Bertz CT molecular complexity index is 694. The Morgan fingerprint density at radius 3 is 2.21 bits per heavy atom. The maximum absolute atomic E-state index is 13.0. The molecule has 0 radical (unpaired) electrons. The Balaban J connectivity index is 1.61. The molecule has 6 nitrogen and oxygen atoms in total. The molecule has 1 aliphatic heterocycles. The maximum atomic E-state index is 13.0. The third-order valence-electron chi connectivity index (χ3n) is 4.08. The van der Waals surface area contributed by atoms with Gasteiger partial charge in [-0.05, 0) is 36.4 Å². The number of halogens is 1. The van der Waals surface area contributed by atoms with Crippen LogP contribution in [-0.2, 0) is 0 Å². The highest BCUT2D eigenvalue weighted by Crippen LogP contribution is 2.16. The molecule has 0 saturated carbocycles. The number of nitrogens with zero attached hydrogens (tertiary/aromatic N) is 5. The summed E-state index contributed by atoms with van der Waals surface area (Å²) < 4.78 is 13.0. The third kappa shape index (κ3) is 3.45. The molecule has 0 atom stereocenters. The van der Waals surface area contributed by atoms with Gasteiger partial charge in [-0.15, -0.1) is 10.2 Å². The first-order valence-electron chi connectivity index (χ1n) is 7.85. The average Bonchev–Trinajstić information content (AvgIpc) is 2.62. The van der Waals surface area contributed by atoms with Crippen molar-refractivity contribution < 1.29 is 9.18 Å². The van der Waals surface area contributed by atoms with Crippen molar-refractivity contribution in [3.05, 3.63) is 47.8 Å². The molecule has 24 heavy (non-hydrogen) atoms. The van der Waals surface area contributed by atoms with Crippen LogP contribution in [0.3, 0.4) is 0 Å². The Labute approximate surface area is 140 Å². The summed E-state index contributed by atoms with van der Waals surface area (Å²) in [4.78, 5) is 18.2. The molecular formula is C17H20FN5O. The van der Waals surface area contributed by atoms with Crippen LogP contribution in [-0.4, -0.2) is 61.3 Å². The third-order valence-corrected chi connectivity index (χ3v) is 4.08. The van der Waals surface area contributed by atoms with Crippen LogP contribution in [0.5, 0.6) is 0 Å². The summed E-state index contributed by atoms with van der Waals surface area (Å²) in [7, 11) is 3.84. The van der Waals surface area contributed by atoms with E-state index < -0.39 is 0 Å². The molecule has 2 heterocycles. The smallest absolute Gasteiger partial charge is 0.253 e. The van der Waals surface area contributed by atoms with Crippen LogP contribution in [0.25, 0.3) is 0 Å². The molecular weight excluding hydrogens is 309 g/mol. The zero-order chi connectivity index (χ0) is 17.1. The molecule has 2 aromatic rings. The van der Waals surface area contributed by atoms with Gasteiger partial charge >= 0.3 is 0 Å².